The van der Waals surface area contributed by atoms with E-state index in [0.717, 1.165) is 22.5 Å². The summed E-state index contributed by atoms with van der Waals surface area (Å²) in [6.07, 6.45) is 0. The molecule has 0 fully saturated rings. The number of hydrogen-bond donors (Lipinski definition) is 0. The second-order valence-electron chi connectivity index (χ2n) is 4.44. The van der Waals surface area contributed by atoms with E-state index in [4.69, 9.17) is 23.2 Å². The van der Waals surface area contributed by atoms with E-state index in [1.807, 2.05) is 22.8 Å². The fourth-order valence-corrected chi connectivity index (χ4v) is 2.58. The van der Waals surface area contributed by atoms with E-state index in [0.29, 0.717) is 10.9 Å². The molecule has 1 heterocycles. The third-order valence-corrected chi connectivity index (χ3v) is 3.66. The number of imidazole rings is 1. The summed E-state index contributed by atoms with van der Waals surface area (Å²) in [6, 6.07) is 14.0. The van der Waals surface area contributed by atoms with Crippen molar-refractivity contribution in [3.8, 4) is 5.69 Å². The summed E-state index contributed by atoms with van der Waals surface area (Å²) in [5, 5.41) is 0.648. The smallest absolute Gasteiger partial charge is 0.129 e. The zero-order chi connectivity index (χ0) is 13.4. The van der Waals surface area contributed by atoms with Gasteiger partial charge in [-0.15, -0.1) is 11.6 Å². The predicted molar refractivity (Wildman–Crippen MR) is 80.4 cm³/mol. The van der Waals surface area contributed by atoms with Gasteiger partial charge < -0.3 is 0 Å². The second kappa shape index (κ2) is 4.87. The van der Waals surface area contributed by atoms with E-state index in [2.05, 4.69) is 36.2 Å². The van der Waals surface area contributed by atoms with E-state index < -0.39 is 0 Å². The molecule has 3 rings (SSSR count). The van der Waals surface area contributed by atoms with Gasteiger partial charge in [0.2, 0.25) is 0 Å². The van der Waals surface area contributed by atoms with Gasteiger partial charge in [-0.25, -0.2) is 4.98 Å². The SMILES string of the molecule is Cc1ccc(-n2c(CCl)nc3c(Cl)cccc32)cc1. The molecule has 0 aliphatic carbocycles. The molecule has 4 heteroatoms. The lowest BCUT2D eigenvalue weighted by Gasteiger charge is -2.08. The van der Waals surface area contributed by atoms with Crippen LogP contribution in [0.4, 0.5) is 0 Å². The average molecular weight is 291 g/mol. The van der Waals surface area contributed by atoms with Crippen LogP contribution in [0.15, 0.2) is 42.5 Å². The van der Waals surface area contributed by atoms with Crippen molar-refractivity contribution in [3.63, 3.8) is 0 Å². The van der Waals surface area contributed by atoms with Crippen molar-refractivity contribution in [1.82, 2.24) is 9.55 Å². The van der Waals surface area contributed by atoms with Gasteiger partial charge in [-0.3, -0.25) is 4.57 Å². The molecule has 0 amide bonds. The van der Waals surface area contributed by atoms with Crippen molar-refractivity contribution in [3.05, 3.63) is 58.9 Å². The zero-order valence-corrected chi connectivity index (χ0v) is 11.9. The molecule has 0 aliphatic rings. The second-order valence-corrected chi connectivity index (χ2v) is 5.11. The molecule has 3 aromatic rings. The highest BCUT2D eigenvalue weighted by Crippen LogP contribution is 2.27. The van der Waals surface area contributed by atoms with Gasteiger partial charge in [0.1, 0.15) is 11.3 Å². The number of fused-ring (bicyclic) bond motifs is 1. The lowest BCUT2D eigenvalue weighted by atomic mass is 10.2. The zero-order valence-electron chi connectivity index (χ0n) is 10.4. The van der Waals surface area contributed by atoms with Crippen LogP contribution in [-0.4, -0.2) is 9.55 Å². The monoisotopic (exact) mass is 290 g/mol. The van der Waals surface area contributed by atoms with Crippen LogP contribution in [-0.2, 0) is 5.88 Å². The maximum atomic E-state index is 6.19. The van der Waals surface area contributed by atoms with Gasteiger partial charge >= 0.3 is 0 Å². The Morgan fingerprint density at radius 3 is 2.53 bits per heavy atom. The van der Waals surface area contributed by atoms with E-state index in [9.17, 15) is 0 Å². The van der Waals surface area contributed by atoms with Crippen LogP contribution in [0.25, 0.3) is 16.7 Å². The minimum Gasteiger partial charge on any atom is -0.295 e. The maximum Gasteiger partial charge on any atom is 0.129 e. The fourth-order valence-electron chi connectivity index (χ4n) is 2.18. The summed E-state index contributed by atoms with van der Waals surface area (Å²) < 4.78 is 2.05. The minimum absolute atomic E-state index is 0.346. The topological polar surface area (TPSA) is 17.8 Å². The summed E-state index contributed by atoms with van der Waals surface area (Å²) in [6.45, 7) is 2.06. The molecule has 0 spiro atoms. The molecular weight excluding hydrogens is 279 g/mol. The van der Waals surface area contributed by atoms with Crippen LogP contribution >= 0.6 is 23.2 Å². The molecule has 0 radical (unpaired) electrons. The molecule has 0 N–H and O–H groups in total. The number of hydrogen-bond acceptors (Lipinski definition) is 1. The Morgan fingerprint density at radius 1 is 1.11 bits per heavy atom. The predicted octanol–water partition coefficient (Wildman–Crippen LogP) is 4.73. The van der Waals surface area contributed by atoms with Gasteiger partial charge in [-0.2, -0.15) is 0 Å². The Labute approximate surface area is 121 Å². The van der Waals surface area contributed by atoms with Gasteiger partial charge in [0.25, 0.3) is 0 Å². The fraction of sp³-hybridized carbons (Fsp3) is 0.133. The van der Waals surface area contributed by atoms with Crippen LogP contribution in [0, 0.1) is 6.92 Å². The number of halogens is 2. The van der Waals surface area contributed by atoms with Gasteiger partial charge in [0.05, 0.1) is 16.4 Å². The quantitative estimate of drug-likeness (QED) is 0.624. The minimum atomic E-state index is 0.346. The molecule has 96 valence electrons. The summed E-state index contributed by atoms with van der Waals surface area (Å²) in [4.78, 5) is 4.53. The number of alkyl halides is 1. The normalized spacial score (nSPS) is 11.1. The number of rotatable bonds is 2. The van der Waals surface area contributed by atoms with Crippen molar-refractivity contribution in [2.75, 3.05) is 0 Å². The number of para-hydroxylation sites is 1. The molecule has 0 unspecified atom stereocenters. The molecule has 1 aromatic heterocycles. The standard InChI is InChI=1S/C15H12Cl2N2/c1-10-5-7-11(8-6-10)19-13-4-2-3-12(17)15(13)18-14(19)9-16/h2-8H,9H2,1H3. The Bertz CT molecular complexity index is 730. The molecule has 0 aliphatic heterocycles. The molecule has 0 bridgehead atoms. The number of aryl methyl sites for hydroxylation is 1. The first-order chi connectivity index (χ1) is 9.20. The van der Waals surface area contributed by atoms with Crippen molar-refractivity contribution < 1.29 is 0 Å². The molecule has 0 saturated heterocycles. The van der Waals surface area contributed by atoms with E-state index >= 15 is 0 Å². The Kier molecular flexibility index (Phi) is 3.21. The summed E-state index contributed by atoms with van der Waals surface area (Å²) in [5.41, 5.74) is 4.04. The number of aromatic nitrogens is 2. The summed E-state index contributed by atoms with van der Waals surface area (Å²) in [5.74, 6) is 1.15. The van der Waals surface area contributed by atoms with Crippen molar-refractivity contribution in [2.24, 2.45) is 0 Å². The Hall–Kier alpha value is -1.51. The van der Waals surface area contributed by atoms with Gasteiger partial charge in [0, 0.05) is 5.69 Å². The van der Waals surface area contributed by atoms with Gasteiger partial charge in [-0.1, -0.05) is 35.4 Å². The molecule has 2 nitrogen and oxygen atoms in total. The van der Waals surface area contributed by atoms with Crippen LogP contribution in [0.1, 0.15) is 11.4 Å². The molecule has 19 heavy (non-hydrogen) atoms. The summed E-state index contributed by atoms with van der Waals surface area (Å²) >= 11 is 12.2. The van der Waals surface area contributed by atoms with E-state index in [1.165, 1.54) is 5.56 Å². The third kappa shape index (κ3) is 2.11. The van der Waals surface area contributed by atoms with Crippen molar-refractivity contribution >= 4 is 34.2 Å². The van der Waals surface area contributed by atoms with Crippen molar-refractivity contribution in [2.45, 2.75) is 12.8 Å². The first kappa shape index (κ1) is 12.5. The van der Waals surface area contributed by atoms with E-state index in [1.54, 1.807) is 0 Å². The number of nitrogens with zero attached hydrogens (tertiary/aromatic N) is 2. The van der Waals surface area contributed by atoms with Gasteiger partial charge in [-0.05, 0) is 31.2 Å². The first-order valence-electron chi connectivity index (χ1n) is 5.99. The van der Waals surface area contributed by atoms with E-state index in [-0.39, 0.29) is 0 Å². The number of benzene rings is 2. The molecule has 0 saturated carbocycles. The Balaban J connectivity index is 2.32. The van der Waals surface area contributed by atoms with Crippen LogP contribution in [0.3, 0.4) is 0 Å². The highest BCUT2D eigenvalue weighted by molar-refractivity contribution is 6.35. The lowest BCUT2D eigenvalue weighted by Crippen LogP contribution is -1.99. The van der Waals surface area contributed by atoms with Gasteiger partial charge in [0.15, 0.2) is 0 Å². The van der Waals surface area contributed by atoms with Crippen molar-refractivity contribution in [1.29, 1.82) is 0 Å². The molecule has 0 atom stereocenters. The van der Waals surface area contributed by atoms with Crippen LogP contribution in [0.5, 0.6) is 0 Å². The summed E-state index contributed by atoms with van der Waals surface area (Å²) in [7, 11) is 0. The van der Waals surface area contributed by atoms with Crippen LogP contribution in [0.2, 0.25) is 5.02 Å². The maximum absolute atomic E-state index is 6.19. The highest BCUT2D eigenvalue weighted by Gasteiger charge is 2.13. The largest absolute Gasteiger partial charge is 0.295 e. The first-order valence-corrected chi connectivity index (χ1v) is 6.91. The third-order valence-electron chi connectivity index (χ3n) is 3.12. The average Bonchev–Trinajstić information content (AvgIpc) is 2.80. The highest BCUT2D eigenvalue weighted by atomic mass is 35.5. The molecule has 2 aromatic carbocycles. The molecular formula is C15H12Cl2N2. The lowest BCUT2D eigenvalue weighted by molar-refractivity contribution is 0.981. The van der Waals surface area contributed by atoms with Crippen LogP contribution < -0.4 is 0 Å². The Morgan fingerprint density at radius 2 is 1.84 bits per heavy atom.